The van der Waals surface area contributed by atoms with Crippen LogP contribution < -0.4 is 4.74 Å². The predicted molar refractivity (Wildman–Crippen MR) is 168 cm³/mol. The largest absolute Gasteiger partial charge is 0.497 e. The molecule has 5 rings (SSSR count). The van der Waals surface area contributed by atoms with Crippen LogP contribution >= 0.6 is 23.2 Å². The molecule has 0 radical (unpaired) electrons. The van der Waals surface area contributed by atoms with Crippen LogP contribution in [0.15, 0.2) is 84.0 Å². The summed E-state index contributed by atoms with van der Waals surface area (Å²) in [6.07, 6.45) is 5.74. The maximum atomic E-state index is 14.1. The molecule has 1 unspecified atom stereocenters. The summed E-state index contributed by atoms with van der Waals surface area (Å²) in [4.78, 5) is 6.79. The lowest BCUT2D eigenvalue weighted by molar-refractivity contribution is -0.00510. The number of ether oxygens (including phenoxy) is 2. The Morgan fingerprint density at radius 2 is 1.74 bits per heavy atom. The summed E-state index contributed by atoms with van der Waals surface area (Å²) in [5.41, 5.74) is 2.03. The molecule has 0 saturated carbocycles. The number of methoxy groups -OCH3 is 1. The zero-order valence-corrected chi connectivity index (χ0v) is 26.1. The molecule has 0 aliphatic carbocycles. The van der Waals surface area contributed by atoms with Gasteiger partial charge in [0.15, 0.2) is 0 Å². The molecule has 0 spiro atoms. The standard InChI is InChI=1S/C32H35Cl2N3O4S/c1-36(42(38,39)32-5-3-4-25-20-35-15-12-29(25)32)26(18-23-6-9-27(40-2)10-7-23)21-37-16-13-28(14-17-37)41-22-24-8-11-30(33)31(34)19-24/h3-12,15,19-20,26,28H,13-14,16-18,21-22H2,1-2H3. The molecule has 1 aliphatic heterocycles. The quantitative estimate of drug-likeness (QED) is 0.190. The Balaban J connectivity index is 1.30. The van der Waals surface area contributed by atoms with E-state index in [0.717, 1.165) is 48.2 Å². The molecule has 7 nitrogen and oxygen atoms in total. The van der Waals surface area contributed by atoms with Crippen molar-refractivity contribution in [3.8, 4) is 5.75 Å². The molecule has 2 heterocycles. The van der Waals surface area contributed by atoms with Crippen LogP contribution in [0.4, 0.5) is 0 Å². The Kier molecular flexibility index (Phi) is 10.0. The third-order valence-electron chi connectivity index (χ3n) is 7.92. The number of fused-ring (bicyclic) bond motifs is 1. The number of sulfonamides is 1. The summed E-state index contributed by atoms with van der Waals surface area (Å²) in [6, 6.07) is 20.2. The van der Waals surface area contributed by atoms with Crippen molar-refractivity contribution in [3.63, 3.8) is 0 Å². The van der Waals surface area contributed by atoms with Crippen molar-refractivity contribution in [2.24, 2.45) is 0 Å². The number of hydrogen-bond donors (Lipinski definition) is 0. The van der Waals surface area contributed by atoms with Crippen molar-refractivity contribution in [3.05, 3.63) is 100 Å². The van der Waals surface area contributed by atoms with Crippen molar-refractivity contribution in [1.29, 1.82) is 0 Å². The van der Waals surface area contributed by atoms with Crippen LogP contribution in [0.2, 0.25) is 10.0 Å². The SMILES string of the molecule is COc1ccc(CC(CN2CCC(OCc3ccc(Cl)c(Cl)c3)CC2)N(C)S(=O)(=O)c2cccc3cnccc23)cc1. The number of nitrogens with zero attached hydrogens (tertiary/aromatic N) is 3. The average Bonchev–Trinajstić information content (AvgIpc) is 3.01. The van der Waals surface area contributed by atoms with Gasteiger partial charge in [-0.3, -0.25) is 4.98 Å². The highest BCUT2D eigenvalue weighted by atomic mass is 35.5. The molecule has 4 aromatic rings. The Bertz CT molecular complexity index is 1600. The normalized spacial score (nSPS) is 15.7. The van der Waals surface area contributed by atoms with Crippen LogP contribution in [0, 0.1) is 0 Å². The lowest BCUT2D eigenvalue weighted by Gasteiger charge is -2.37. The molecular weight excluding hydrogens is 593 g/mol. The topological polar surface area (TPSA) is 72.0 Å². The van der Waals surface area contributed by atoms with Gasteiger partial charge in [0.25, 0.3) is 0 Å². The molecule has 1 aliphatic rings. The Morgan fingerprint density at radius 1 is 1.00 bits per heavy atom. The zero-order valence-electron chi connectivity index (χ0n) is 23.7. The van der Waals surface area contributed by atoms with Gasteiger partial charge in [-0.05, 0) is 66.8 Å². The first kappa shape index (κ1) is 30.7. The second-order valence-electron chi connectivity index (χ2n) is 10.6. The van der Waals surface area contributed by atoms with Gasteiger partial charge in [-0.25, -0.2) is 8.42 Å². The summed E-state index contributed by atoms with van der Waals surface area (Å²) >= 11 is 12.2. The molecule has 1 aromatic heterocycles. The number of halogens is 2. The van der Waals surface area contributed by atoms with E-state index in [-0.39, 0.29) is 12.1 Å². The summed E-state index contributed by atoms with van der Waals surface area (Å²) in [5.74, 6) is 0.767. The van der Waals surface area contributed by atoms with Crippen molar-refractivity contribution < 1.29 is 17.9 Å². The summed E-state index contributed by atoms with van der Waals surface area (Å²) in [5, 5.41) is 2.51. The van der Waals surface area contributed by atoms with Gasteiger partial charge < -0.3 is 14.4 Å². The minimum absolute atomic E-state index is 0.126. The highest BCUT2D eigenvalue weighted by Crippen LogP contribution is 2.28. The van der Waals surface area contributed by atoms with Gasteiger partial charge in [-0.15, -0.1) is 0 Å². The van der Waals surface area contributed by atoms with Gasteiger partial charge in [0.1, 0.15) is 5.75 Å². The van der Waals surface area contributed by atoms with Gasteiger partial charge in [-0.1, -0.05) is 53.5 Å². The van der Waals surface area contributed by atoms with Crippen LogP contribution in [0.5, 0.6) is 5.75 Å². The van der Waals surface area contributed by atoms with E-state index >= 15 is 0 Å². The van der Waals surface area contributed by atoms with Crippen LogP contribution in [0.3, 0.4) is 0 Å². The molecule has 222 valence electrons. The molecule has 1 saturated heterocycles. The average molecular weight is 629 g/mol. The van der Waals surface area contributed by atoms with E-state index in [1.54, 1.807) is 55.1 Å². The first-order valence-corrected chi connectivity index (χ1v) is 16.2. The molecule has 1 atom stereocenters. The zero-order chi connectivity index (χ0) is 29.7. The van der Waals surface area contributed by atoms with E-state index in [2.05, 4.69) is 9.88 Å². The third-order valence-corrected chi connectivity index (χ3v) is 10.6. The number of aromatic nitrogens is 1. The van der Waals surface area contributed by atoms with Crippen LogP contribution in [-0.4, -0.2) is 68.5 Å². The molecule has 1 fully saturated rings. The van der Waals surface area contributed by atoms with Gasteiger partial charge in [0, 0.05) is 55.9 Å². The van der Waals surface area contributed by atoms with Crippen molar-refractivity contribution >= 4 is 44.0 Å². The molecule has 10 heteroatoms. The van der Waals surface area contributed by atoms with Gasteiger partial charge in [0.2, 0.25) is 10.0 Å². The number of hydrogen-bond acceptors (Lipinski definition) is 6. The smallest absolute Gasteiger partial charge is 0.243 e. The van der Waals surface area contributed by atoms with E-state index < -0.39 is 10.0 Å². The second kappa shape index (κ2) is 13.7. The summed E-state index contributed by atoms with van der Waals surface area (Å²) in [6.45, 7) is 2.72. The fourth-order valence-electron chi connectivity index (χ4n) is 5.41. The van der Waals surface area contributed by atoms with E-state index in [0.29, 0.717) is 39.9 Å². The molecular formula is C32H35Cl2N3O4S. The van der Waals surface area contributed by atoms with Gasteiger partial charge in [0.05, 0.1) is 34.8 Å². The first-order valence-electron chi connectivity index (χ1n) is 14.0. The van der Waals surface area contributed by atoms with Crippen molar-refractivity contribution in [1.82, 2.24) is 14.2 Å². The molecule has 3 aromatic carbocycles. The number of likely N-dealkylation sites (tertiary alicyclic amines) is 1. The lowest BCUT2D eigenvalue weighted by atomic mass is 10.0. The minimum atomic E-state index is -3.80. The highest BCUT2D eigenvalue weighted by molar-refractivity contribution is 7.89. The Labute approximate surface area is 258 Å². The Hall–Kier alpha value is -2.72. The van der Waals surface area contributed by atoms with E-state index in [1.807, 2.05) is 42.5 Å². The maximum absolute atomic E-state index is 14.1. The van der Waals surface area contributed by atoms with Gasteiger partial charge >= 0.3 is 0 Å². The van der Waals surface area contributed by atoms with Crippen LogP contribution in [-0.2, 0) is 27.8 Å². The summed E-state index contributed by atoms with van der Waals surface area (Å²) < 4.78 is 41.2. The monoisotopic (exact) mass is 627 g/mol. The first-order chi connectivity index (χ1) is 20.2. The van der Waals surface area contributed by atoms with Crippen LogP contribution in [0.25, 0.3) is 10.8 Å². The fraction of sp³-hybridized carbons (Fsp3) is 0.344. The number of benzene rings is 3. The molecule has 0 amide bonds. The third kappa shape index (κ3) is 7.25. The van der Waals surface area contributed by atoms with Crippen LogP contribution in [0.1, 0.15) is 24.0 Å². The summed E-state index contributed by atoms with van der Waals surface area (Å²) in [7, 11) is -0.470. The predicted octanol–water partition coefficient (Wildman–Crippen LogP) is 6.46. The fourth-order valence-corrected chi connectivity index (χ4v) is 7.29. The number of pyridine rings is 1. The second-order valence-corrected chi connectivity index (χ2v) is 13.4. The molecule has 42 heavy (non-hydrogen) atoms. The highest BCUT2D eigenvalue weighted by Gasteiger charge is 2.32. The van der Waals surface area contributed by atoms with E-state index in [9.17, 15) is 8.42 Å². The van der Waals surface area contributed by atoms with Crippen molar-refractivity contribution in [2.45, 2.75) is 42.9 Å². The number of rotatable bonds is 11. The Morgan fingerprint density at radius 3 is 2.45 bits per heavy atom. The van der Waals surface area contributed by atoms with Gasteiger partial charge in [-0.2, -0.15) is 4.31 Å². The number of piperidine rings is 1. The van der Waals surface area contributed by atoms with E-state index in [1.165, 1.54) is 0 Å². The van der Waals surface area contributed by atoms with E-state index in [4.69, 9.17) is 32.7 Å². The lowest BCUT2D eigenvalue weighted by Crippen LogP contribution is -2.48. The minimum Gasteiger partial charge on any atom is -0.497 e. The molecule has 0 N–H and O–H groups in total. The molecule has 0 bridgehead atoms. The van der Waals surface area contributed by atoms with Crippen molar-refractivity contribution in [2.75, 3.05) is 33.8 Å². The number of likely N-dealkylation sites (N-methyl/N-ethyl adjacent to an activating group) is 1. The maximum Gasteiger partial charge on any atom is 0.243 e.